The number of anilines is 1. The van der Waals surface area contributed by atoms with Crippen LogP contribution in [0.4, 0.5) is 5.69 Å². The van der Waals surface area contributed by atoms with Crippen molar-refractivity contribution in [1.29, 1.82) is 0 Å². The fraction of sp³-hybridized carbons (Fsp3) is 0.120. The molecular formula is C25H20Cl3NO4. The third kappa shape index (κ3) is 7.53. The average Bonchev–Trinajstić information content (AvgIpc) is 2.79. The summed E-state index contributed by atoms with van der Waals surface area (Å²) < 4.78 is 10.7. The van der Waals surface area contributed by atoms with E-state index < -0.39 is 18.5 Å². The lowest BCUT2D eigenvalue weighted by Gasteiger charge is -2.09. The van der Waals surface area contributed by atoms with E-state index in [1.54, 1.807) is 66.7 Å². The standard InChI is InChI=1S/C25H20Cl3NO4/c1-16-5-9-18(13-23(16)28)29-24(30)15-33-25(31)12-8-17-6-10-19(11-7-17)32-14-20-21(26)3-2-4-22(20)27/h2-13H,14-15H2,1H3,(H,29,30). The van der Waals surface area contributed by atoms with Crippen molar-refractivity contribution in [2.45, 2.75) is 13.5 Å². The molecule has 0 saturated carbocycles. The second-order valence-corrected chi connectivity index (χ2v) is 8.23. The van der Waals surface area contributed by atoms with Crippen molar-refractivity contribution in [3.8, 4) is 5.75 Å². The Morgan fingerprint density at radius 3 is 2.30 bits per heavy atom. The molecule has 0 aliphatic rings. The first kappa shape index (κ1) is 24.6. The Morgan fingerprint density at radius 2 is 1.64 bits per heavy atom. The van der Waals surface area contributed by atoms with Crippen molar-refractivity contribution in [3.05, 3.63) is 98.5 Å². The van der Waals surface area contributed by atoms with Gasteiger partial charge in [-0.1, -0.05) is 59.1 Å². The van der Waals surface area contributed by atoms with Crippen LogP contribution in [-0.2, 0) is 20.9 Å². The highest BCUT2D eigenvalue weighted by atomic mass is 35.5. The number of halogens is 3. The van der Waals surface area contributed by atoms with Gasteiger partial charge in [-0.05, 0) is 60.5 Å². The van der Waals surface area contributed by atoms with Crippen LogP contribution >= 0.6 is 34.8 Å². The Hall–Kier alpha value is -2.99. The molecule has 5 nitrogen and oxygen atoms in total. The number of carbonyl (C=O) groups is 2. The first-order valence-electron chi connectivity index (χ1n) is 9.88. The maximum atomic E-state index is 11.9. The lowest BCUT2D eigenvalue weighted by molar-refractivity contribution is -0.142. The summed E-state index contributed by atoms with van der Waals surface area (Å²) in [5, 5.41) is 4.24. The molecule has 0 aliphatic carbocycles. The number of hydrogen-bond acceptors (Lipinski definition) is 4. The monoisotopic (exact) mass is 503 g/mol. The fourth-order valence-corrected chi connectivity index (χ4v) is 3.40. The van der Waals surface area contributed by atoms with E-state index >= 15 is 0 Å². The number of benzene rings is 3. The molecule has 0 spiro atoms. The molecule has 1 amide bonds. The summed E-state index contributed by atoms with van der Waals surface area (Å²) in [6.45, 7) is 1.68. The number of amides is 1. The second-order valence-electron chi connectivity index (χ2n) is 7.01. The molecule has 0 heterocycles. The van der Waals surface area contributed by atoms with Gasteiger partial charge < -0.3 is 14.8 Å². The predicted octanol–water partition coefficient (Wildman–Crippen LogP) is 6.73. The highest BCUT2D eigenvalue weighted by Crippen LogP contribution is 2.26. The van der Waals surface area contributed by atoms with Crippen LogP contribution < -0.4 is 10.1 Å². The van der Waals surface area contributed by atoms with Crippen LogP contribution in [0.5, 0.6) is 5.75 Å². The van der Waals surface area contributed by atoms with Crippen LogP contribution in [0.15, 0.2) is 66.7 Å². The van der Waals surface area contributed by atoms with Gasteiger partial charge in [0.15, 0.2) is 6.61 Å². The summed E-state index contributed by atoms with van der Waals surface area (Å²) in [5.74, 6) is -0.476. The van der Waals surface area contributed by atoms with Gasteiger partial charge in [-0.15, -0.1) is 0 Å². The maximum Gasteiger partial charge on any atom is 0.331 e. The number of hydrogen-bond donors (Lipinski definition) is 1. The van der Waals surface area contributed by atoms with E-state index in [0.717, 1.165) is 11.1 Å². The first-order valence-corrected chi connectivity index (χ1v) is 11.0. The van der Waals surface area contributed by atoms with Crippen molar-refractivity contribution in [1.82, 2.24) is 0 Å². The summed E-state index contributed by atoms with van der Waals surface area (Å²) in [7, 11) is 0. The summed E-state index contributed by atoms with van der Waals surface area (Å²) in [4.78, 5) is 23.8. The number of nitrogens with one attached hydrogen (secondary N) is 1. The van der Waals surface area contributed by atoms with E-state index in [1.807, 2.05) is 6.92 Å². The normalized spacial score (nSPS) is 10.8. The molecule has 3 aromatic carbocycles. The molecule has 0 fully saturated rings. The van der Waals surface area contributed by atoms with Crippen LogP contribution in [0, 0.1) is 6.92 Å². The Kier molecular flexibility index (Phi) is 8.78. The van der Waals surface area contributed by atoms with E-state index in [4.69, 9.17) is 44.3 Å². The van der Waals surface area contributed by atoms with Gasteiger partial charge in [0, 0.05) is 32.4 Å². The first-order chi connectivity index (χ1) is 15.8. The molecule has 0 unspecified atom stereocenters. The minimum absolute atomic E-state index is 0.233. The Bertz CT molecular complexity index is 1160. The van der Waals surface area contributed by atoms with Gasteiger partial charge in [-0.25, -0.2) is 4.79 Å². The number of aryl methyl sites for hydroxylation is 1. The molecule has 0 radical (unpaired) electrons. The van der Waals surface area contributed by atoms with Crippen molar-refractivity contribution in [3.63, 3.8) is 0 Å². The number of rotatable bonds is 8. The van der Waals surface area contributed by atoms with Gasteiger partial charge in [-0.2, -0.15) is 0 Å². The molecule has 8 heteroatoms. The highest BCUT2D eigenvalue weighted by molar-refractivity contribution is 6.36. The lowest BCUT2D eigenvalue weighted by atomic mass is 10.2. The van der Waals surface area contributed by atoms with Gasteiger partial charge in [0.05, 0.1) is 0 Å². The molecule has 33 heavy (non-hydrogen) atoms. The minimum atomic E-state index is -0.638. The number of carbonyl (C=O) groups excluding carboxylic acids is 2. The molecule has 0 aromatic heterocycles. The van der Waals surface area contributed by atoms with Gasteiger partial charge in [-0.3, -0.25) is 4.79 Å². The summed E-state index contributed by atoms with van der Waals surface area (Å²) in [5.41, 5.74) is 2.90. The fourth-order valence-electron chi connectivity index (χ4n) is 2.72. The van der Waals surface area contributed by atoms with Gasteiger partial charge in [0.1, 0.15) is 12.4 Å². The second kappa shape index (κ2) is 11.8. The lowest BCUT2D eigenvalue weighted by Crippen LogP contribution is -2.20. The van der Waals surface area contributed by atoms with Gasteiger partial charge in [0.25, 0.3) is 5.91 Å². The van der Waals surface area contributed by atoms with E-state index in [-0.39, 0.29) is 6.61 Å². The maximum absolute atomic E-state index is 11.9. The van der Waals surface area contributed by atoms with Gasteiger partial charge in [0.2, 0.25) is 0 Å². The van der Waals surface area contributed by atoms with Crippen molar-refractivity contribution < 1.29 is 19.1 Å². The topological polar surface area (TPSA) is 64.6 Å². The minimum Gasteiger partial charge on any atom is -0.489 e. The quantitative estimate of drug-likeness (QED) is 0.273. The molecule has 3 aromatic rings. The zero-order valence-corrected chi connectivity index (χ0v) is 19.9. The average molecular weight is 505 g/mol. The Labute approximate surface area is 206 Å². The Morgan fingerprint density at radius 1 is 0.939 bits per heavy atom. The molecule has 0 atom stereocenters. The van der Waals surface area contributed by atoms with E-state index in [0.29, 0.717) is 32.1 Å². The SMILES string of the molecule is Cc1ccc(NC(=O)COC(=O)C=Cc2ccc(OCc3c(Cl)cccc3Cl)cc2)cc1Cl. The smallest absolute Gasteiger partial charge is 0.331 e. The van der Waals surface area contributed by atoms with E-state index in [1.165, 1.54) is 6.08 Å². The summed E-state index contributed by atoms with van der Waals surface area (Å²) >= 11 is 18.3. The Balaban J connectivity index is 1.45. The highest BCUT2D eigenvalue weighted by Gasteiger charge is 2.08. The molecule has 0 bridgehead atoms. The van der Waals surface area contributed by atoms with Crippen molar-refractivity contribution in [2.75, 3.05) is 11.9 Å². The van der Waals surface area contributed by atoms with E-state index in [2.05, 4.69) is 5.32 Å². The van der Waals surface area contributed by atoms with Crippen molar-refractivity contribution >= 4 is 58.4 Å². The number of esters is 1. The zero-order chi connectivity index (χ0) is 23.8. The molecule has 0 aliphatic heterocycles. The molecule has 170 valence electrons. The van der Waals surface area contributed by atoms with Crippen LogP contribution in [0.3, 0.4) is 0 Å². The predicted molar refractivity (Wildman–Crippen MR) is 132 cm³/mol. The van der Waals surface area contributed by atoms with Crippen LogP contribution in [0.25, 0.3) is 6.08 Å². The van der Waals surface area contributed by atoms with E-state index in [9.17, 15) is 9.59 Å². The molecular weight excluding hydrogens is 485 g/mol. The summed E-state index contributed by atoms with van der Waals surface area (Å²) in [6.07, 6.45) is 2.82. The molecule has 0 saturated heterocycles. The third-order valence-corrected chi connectivity index (χ3v) is 5.65. The van der Waals surface area contributed by atoms with Crippen LogP contribution in [-0.4, -0.2) is 18.5 Å². The zero-order valence-electron chi connectivity index (χ0n) is 17.6. The molecule has 3 rings (SSSR count). The van der Waals surface area contributed by atoms with Gasteiger partial charge >= 0.3 is 5.97 Å². The largest absolute Gasteiger partial charge is 0.489 e. The number of ether oxygens (including phenoxy) is 2. The third-order valence-electron chi connectivity index (χ3n) is 4.54. The van der Waals surface area contributed by atoms with Crippen LogP contribution in [0.1, 0.15) is 16.7 Å². The van der Waals surface area contributed by atoms with Crippen molar-refractivity contribution in [2.24, 2.45) is 0 Å². The molecule has 1 N–H and O–H groups in total. The van der Waals surface area contributed by atoms with Crippen LogP contribution in [0.2, 0.25) is 15.1 Å². The summed E-state index contributed by atoms with van der Waals surface area (Å²) in [6, 6.07) is 17.5.